The van der Waals surface area contributed by atoms with Gasteiger partial charge in [-0.2, -0.15) is 0 Å². The molecule has 0 N–H and O–H groups in total. The first-order valence-corrected chi connectivity index (χ1v) is 6.74. The normalized spacial score (nSPS) is 25.5. The molecule has 0 bridgehead atoms. The Morgan fingerprint density at radius 2 is 2.05 bits per heavy atom. The maximum Gasteiger partial charge on any atom is 0.332 e. The second kappa shape index (κ2) is 4.68. The van der Waals surface area contributed by atoms with E-state index in [-0.39, 0.29) is 18.5 Å². The van der Waals surface area contributed by atoms with Crippen LogP contribution in [0.5, 0.6) is 0 Å². The van der Waals surface area contributed by atoms with Crippen LogP contribution in [0.25, 0.3) is 0 Å². The average Bonchev–Trinajstić information content (AvgIpc) is 3.00. The lowest BCUT2D eigenvalue weighted by Crippen LogP contribution is -2.48. The zero-order valence-corrected chi connectivity index (χ0v) is 10.8. The lowest BCUT2D eigenvalue weighted by atomic mass is 9.94. The molecule has 0 saturated carbocycles. The van der Waals surface area contributed by atoms with Gasteiger partial charge in [0.2, 0.25) is 5.91 Å². The number of hydrogen-bond acceptors (Lipinski definition) is 3. The predicted octanol–water partition coefficient (Wildman–Crippen LogP) is 1.88. The molecule has 1 aromatic carbocycles. The maximum atomic E-state index is 12.4. The molecule has 4 heteroatoms. The first-order valence-electron chi connectivity index (χ1n) is 6.74. The van der Waals surface area contributed by atoms with Crippen LogP contribution in [-0.4, -0.2) is 28.9 Å². The number of amides is 1. The van der Waals surface area contributed by atoms with Crippen molar-refractivity contribution in [2.75, 3.05) is 6.54 Å². The van der Waals surface area contributed by atoms with Gasteiger partial charge in [0.1, 0.15) is 12.1 Å². The van der Waals surface area contributed by atoms with Gasteiger partial charge in [-0.1, -0.05) is 30.3 Å². The highest BCUT2D eigenvalue weighted by molar-refractivity contribution is 5.92. The fraction of sp³-hybridized carbons (Fsp3) is 0.467. The van der Waals surface area contributed by atoms with E-state index in [1.165, 1.54) is 0 Å². The van der Waals surface area contributed by atoms with Gasteiger partial charge < -0.3 is 9.64 Å². The van der Waals surface area contributed by atoms with Crippen molar-refractivity contribution in [1.29, 1.82) is 0 Å². The van der Waals surface area contributed by atoms with Gasteiger partial charge in [-0.25, -0.2) is 4.79 Å². The van der Waals surface area contributed by atoms with Crippen LogP contribution in [0.3, 0.4) is 0 Å². The van der Waals surface area contributed by atoms with E-state index in [2.05, 4.69) is 0 Å². The van der Waals surface area contributed by atoms with Crippen LogP contribution in [0.15, 0.2) is 30.3 Å². The summed E-state index contributed by atoms with van der Waals surface area (Å²) in [5.41, 5.74) is 0.312. The predicted molar refractivity (Wildman–Crippen MR) is 69.2 cm³/mol. The summed E-state index contributed by atoms with van der Waals surface area (Å²) < 4.78 is 5.43. The molecule has 2 saturated heterocycles. The summed E-state index contributed by atoms with van der Waals surface area (Å²) in [5.74, 6) is -0.145. The van der Waals surface area contributed by atoms with Gasteiger partial charge >= 0.3 is 5.97 Å². The van der Waals surface area contributed by atoms with Gasteiger partial charge in [0, 0.05) is 13.0 Å². The van der Waals surface area contributed by atoms with Gasteiger partial charge in [0.15, 0.2) is 0 Å². The lowest BCUT2D eigenvalue weighted by Gasteiger charge is -2.29. The van der Waals surface area contributed by atoms with Crippen molar-refractivity contribution in [3.05, 3.63) is 35.9 Å². The van der Waals surface area contributed by atoms with Crippen LogP contribution in [0.2, 0.25) is 0 Å². The zero-order valence-electron chi connectivity index (χ0n) is 10.8. The van der Waals surface area contributed by atoms with Crippen molar-refractivity contribution >= 4 is 11.9 Å². The van der Waals surface area contributed by atoms with E-state index in [9.17, 15) is 9.59 Å². The molecule has 0 radical (unpaired) electrons. The minimum atomic E-state index is -0.661. The van der Waals surface area contributed by atoms with Crippen LogP contribution in [0.4, 0.5) is 0 Å². The highest BCUT2D eigenvalue weighted by Crippen LogP contribution is 2.40. The number of rotatable bonds is 3. The van der Waals surface area contributed by atoms with Gasteiger partial charge in [-0.3, -0.25) is 4.79 Å². The van der Waals surface area contributed by atoms with Crippen molar-refractivity contribution in [2.24, 2.45) is 0 Å². The fourth-order valence-electron chi connectivity index (χ4n) is 3.12. The SMILES string of the molecule is O=C1CC[C@]2(C(=O)OCc3ccccc3)CCCN12. The summed E-state index contributed by atoms with van der Waals surface area (Å²) in [4.78, 5) is 25.8. The molecule has 1 atom stereocenters. The van der Waals surface area contributed by atoms with Crippen LogP contribution in [0.1, 0.15) is 31.2 Å². The van der Waals surface area contributed by atoms with Crippen molar-refractivity contribution in [2.45, 2.75) is 37.8 Å². The van der Waals surface area contributed by atoms with Gasteiger partial charge in [0.25, 0.3) is 0 Å². The fourth-order valence-corrected chi connectivity index (χ4v) is 3.12. The van der Waals surface area contributed by atoms with Gasteiger partial charge in [-0.15, -0.1) is 0 Å². The first kappa shape index (κ1) is 12.2. The number of nitrogens with zero attached hydrogens (tertiary/aromatic N) is 1. The molecule has 2 aliphatic heterocycles. The Kier molecular flexibility index (Phi) is 3.01. The van der Waals surface area contributed by atoms with E-state index in [1.54, 1.807) is 4.90 Å². The number of benzene rings is 1. The Morgan fingerprint density at radius 3 is 2.84 bits per heavy atom. The molecule has 1 aromatic rings. The summed E-state index contributed by atoms with van der Waals surface area (Å²) in [6.07, 6.45) is 2.72. The third kappa shape index (κ3) is 2.01. The monoisotopic (exact) mass is 259 g/mol. The third-order valence-electron chi connectivity index (χ3n) is 4.13. The summed E-state index contributed by atoms with van der Waals surface area (Å²) in [7, 11) is 0. The number of ether oxygens (including phenoxy) is 1. The van der Waals surface area contributed by atoms with Crippen LogP contribution >= 0.6 is 0 Å². The summed E-state index contributed by atoms with van der Waals surface area (Å²) in [6, 6.07) is 9.62. The highest BCUT2D eigenvalue weighted by atomic mass is 16.5. The standard InChI is InChI=1S/C15H17NO3/c17-13-7-9-15(8-4-10-16(13)15)14(18)19-11-12-5-2-1-3-6-12/h1-3,5-6H,4,7-11H2/t15-/m0/s1. The number of hydrogen-bond donors (Lipinski definition) is 0. The Balaban J connectivity index is 1.69. The molecule has 1 amide bonds. The van der Waals surface area contributed by atoms with Crippen LogP contribution < -0.4 is 0 Å². The van der Waals surface area contributed by atoms with Crippen molar-refractivity contribution in [3.63, 3.8) is 0 Å². The minimum absolute atomic E-state index is 0.0918. The molecule has 2 fully saturated rings. The van der Waals surface area contributed by atoms with E-state index in [0.29, 0.717) is 19.4 Å². The topological polar surface area (TPSA) is 46.6 Å². The van der Waals surface area contributed by atoms with E-state index >= 15 is 0 Å². The Hall–Kier alpha value is -1.84. The van der Waals surface area contributed by atoms with Crippen LogP contribution in [0, 0.1) is 0 Å². The van der Waals surface area contributed by atoms with Gasteiger partial charge in [-0.05, 0) is 24.8 Å². The average molecular weight is 259 g/mol. The molecule has 2 heterocycles. The third-order valence-corrected chi connectivity index (χ3v) is 4.13. The molecule has 0 unspecified atom stereocenters. The molecular formula is C15H17NO3. The molecule has 100 valence electrons. The summed E-state index contributed by atoms with van der Waals surface area (Å²) in [6.45, 7) is 0.975. The first-order chi connectivity index (χ1) is 9.22. The van der Waals surface area contributed by atoms with E-state index in [1.807, 2.05) is 30.3 Å². The van der Waals surface area contributed by atoms with E-state index in [4.69, 9.17) is 4.74 Å². The Morgan fingerprint density at radius 1 is 1.26 bits per heavy atom. The molecule has 0 aliphatic carbocycles. The molecular weight excluding hydrogens is 242 g/mol. The number of fused-ring (bicyclic) bond motifs is 1. The van der Waals surface area contributed by atoms with Crippen molar-refractivity contribution in [3.8, 4) is 0 Å². The van der Waals surface area contributed by atoms with Crippen LogP contribution in [-0.2, 0) is 20.9 Å². The number of carbonyl (C=O) groups excluding carboxylic acids is 2. The largest absolute Gasteiger partial charge is 0.459 e. The van der Waals surface area contributed by atoms with Gasteiger partial charge in [0.05, 0.1) is 0 Å². The molecule has 0 aromatic heterocycles. The zero-order chi connectivity index (χ0) is 13.3. The Labute approximate surface area is 112 Å². The molecule has 19 heavy (non-hydrogen) atoms. The van der Waals surface area contributed by atoms with Crippen molar-refractivity contribution < 1.29 is 14.3 Å². The summed E-state index contributed by atoms with van der Waals surface area (Å²) >= 11 is 0. The molecule has 0 spiro atoms. The quantitative estimate of drug-likeness (QED) is 0.779. The Bertz CT molecular complexity index is 499. The van der Waals surface area contributed by atoms with E-state index < -0.39 is 5.54 Å². The maximum absolute atomic E-state index is 12.4. The van der Waals surface area contributed by atoms with E-state index in [0.717, 1.165) is 18.4 Å². The highest BCUT2D eigenvalue weighted by Gasteiger charge is 2.54. The van der Waals surface area contributed by atoms with Crippen molar-refractivity contribution in [1.82, 2.24) is 4.90 Å². The number of carbonyl (C=O) groups is 2. The number of esters is 1. The smallest absolute Gasteiger partial charge is 0.332 e. The second-order valence-corrected chi connectivity index (χ2v) is 5.24. The second-order valence-electron chi connectivity index (χ2n) is 5.24. The lowest BCUT2D eigenvalue weighted by molar-refractivity contribution is -0.159. The molecule has 3 rings (SSSR count). The molecule has 2 aliphatic rings. The molecule has 4 nitrogen and oxygen atoms in total. The summed E-state index contributed by atoms with van der Waals surface area (Å²) in [5, 5.41) is 0. The minimum Gasteiger partial charge on any atom is -0.459 e.